The van der Waals surface area contributed by atoms with Crippen LogP contribution in [-0.2, 0) is 20.6 Å². The average Bonchev–Trinajstić information content (AvgIpc) is 3.58. The molecule has 5 heterocycles. The summed E-state index contributed by atoms with van der Waals surface area (Å²) in [6.07, 6.45) is 6.25. The van der Waals surface area contributed by atoms with Crippen molar-refractivity contribution < 1.29 is 42.2 Å². The Morgan fingerprint density at radius 3 is 2.29 bits per heavy atom. The summed E-state index contributed by atoms with van der Waals surface area (Å²) in [5.41, 5.74) is 2.78. The van der Waals surface area contributed by atoms with Crippen molar-refractivity contribution in [3.05, 3.63) is 89.1 Å². The molecule has 2 saturated heterocycles. The fraction of sp³-hybridized carbons (Fsp3) is 0.463. The molecule has 3 N–H and O–H groups in total. The third-order valence-corrected chi connectivity index (χ3v) is 10.9. The number of fused-ring (bicyclic) bond motifs is 1. The molecule has 2 aliphatic heterocycles. The first kappa shape index (κ1) is 40.4. The van der Waals surface area contributed by atoms with Gasteiger partial charge in [-0.05, 0) is 107 Å². The first-order valence-corrected chi connectivity index (χ1v) is 19.1. The molecule has 298 valence electrons. The summed E-state index contributed by atoms with van der Waals surface area (Å²) in [6, 6.07) is 13.4. The number of nitrogens with zero attached hydrogens (tertiary/aromatic N) is 4. The number of amides is 3. The van der Waals surface area contributed by atoms with Gasteiger partial charge in [-0.25, -0.2) is 9.97 Å². The Morgan fingerprint density at radius 1 is 0.964 bits per heavy atom. The standard InChI is InChI=1S/C40H45F3N6O4.CH2O2/c1-24(2)53-34-20-36-45-32(22-49(36)23-33(34)46-39(52)31-4-3-5-35(44-31)40(41,42)43)29-8-6-25(7-9-29)21-48-18-16-27(17-19-48)26-10-12-28(13-11-26)30-14-15-37(50)47-38(30)51;2-1-3/h3-5,10-13,20,22-25,27,29-30H,6-9,14-19,21H2,1-2H3,(H,46,52)(H,47,50,51);1H,(H,2,3). The normalized spacial score (nSPS) is 20.9. The van der Waals surface area contributed by atoms with Crippen LogP contribution in [0.1, 0.15) is 116 Å². The predicted molar refractivity (Wildman–Crippen MR) is 202 cm³/mol. The van der Waals surface area contributed by atoms with Crippen molar-refractivity contribution in [1.82, 2.24) is 24.6 Å². The van der Waals surface area contributed by atoms with Crippen LogP contribution in [0.4, 0.5) is 18.9 Å². The van der Waals surface area contributed by atoms with Crippen LogP contribution in [0.3, 0.4) is 0 Å². The maximum Gasteiger partial charge on any atom is 0.433 e. The number of carbonyl (C=O) groups is 4. The summed E-state index contributed by atoms with van der Waals surface area (Å²) < 4.78 is 47.5. The number of anilines is 1. The Hall–Kier alpha value is -5.31. The number of carbonyl (C=O) groups excluding carboxylic acids is 3. The van der Waals surface area contributed by atoms with Crippen LogP contribution >= 0.6 is 0 Å². The molecule has 56 heavy (non-hydrogen) atoms. The Balaban J connectivity index is 0.00000172. The highest BCUT2D eigenvalue weighted by atomic mass is 19.4. The summed E-state index contributed by atoms with van der Waals surface area (Å²) in [7, 11) is 0. The Bertz CT molecular complexity index is 2020. The highest BCUT2D eigenvalue weighted by molar-refractivity contribution is 6.03. The summed E-state index contributed by atoms with van der Waals surface area (Å²) in [5.74, 6) is 0.407. The van der Waals surface area contributed by atoms with Crippen LogP contribution in [-0.4, -0.2) is 74.3 Å². The molecule has 1 aromatic carbocycles. The molecule has 3 fully saturated rings. The number of alkyl halides is 3. The van der Waals surface area contributed by atoms with Crippen LogP contribution in [0.5, 0.6) is 5.75 Å². The molecule has 0 bridgehead atoms. The van der Waals surface area contributed by atoms with Crippen LogP contribution < -0.4 is 15.4 Å². The van der Waals surface area contributed by atoms with Crippen molar-refractivity contribution in [1.29, 1.82) is 0 Å². The van der Waals surface area contributed by atoms with Crippen molar-refractivity contribution >= 4 is 35.5 Å². The van der Waals surface area contributed by atoms with Crippen LogP contribution in [0.2, 0.25) is 0 Å². The fourth-order valence-electron chi connectivity index (χ4n) is 8.05. The minimum absolute atomic E-state index is 0.191. The van der Waals surface area contributed by atoms with E-state index in [2.05, 4.69) is 44.8 Å². The highest BCUT2D eigenvalue weighted by Crippen LogP contribution is 2.38. The van der Waals surface area contributed by atoms with Gasteiger partial charge in [0.1, 0.15) is 28.5 Å². The predicted octanol–water partition coefficient (Wildman–Crippen LogP) is 7.16. The van der Waals surface area contributed by atoms with Gasteiger partial charge in [0.2, 0.25) is 11.8 Å². The molecule has 1 unspecified atom stereocenters. The largest absolute Gasteiger partial charge is 0.489 e. The second-order valence-electron chi connectivity index (χ2n) is 15.1. The van der Waals surface area contributed by atoms with Gasteiger partial charge >= 0.3 is 6.18 Å². The van der Waals surface area contributed by atoms with E-state index in [1.807, 2.05) is 24.4 Å². The molecule has 3 aliphatic rings. The lowest BCUT2D eigenvalue weighted by Gasteiger charge is -2.36. The van der Waals surface area contributed by atoms with E-state index in [1.54, 1.807) is 12.3 Å². The third kappa shape index (κ3) is 9.91. The van der Waals surface area contributed by atoms with Crippen molar-refractivity contribution in [2.75, 3.05) is 25.0 Å². The molecular formula is C41H47F3N6O6. The molecule has 0 radical (unpaired) electrons. The molecule has 15 heteroatoms. The number of ether oxygens (including phenoxy) is 1. The number of likely N-dealkylation sites (tertiary alicyclic amines) is 1. The van der Waals surface area contributed by atoms with E-state index in [4.69, 9.17) is 19.6 Å². The van der Waals surface area contributed by atoms with Crippen LogP contribution in [0.25, 0.3) is 5.65 Å². The Kier molecular flexibility index (Phi) is 12.7. The molecule has 0 spiro atoms. The lowest BCUT2D eigenvalue weighted by molar-refractivity contribution is -0.141. The van der Waals surface area contributed by atoms with Gasteiger partial charge in [0.05, 0.1) is 17.7 Å². The van der Waals surface area contributed by atoms with Crippen LogP contribution in [0, 0.1) is 5.92 Å². The molecule has 1 aliphatic carbocycles. The van der Waals surface area contributed by atoms with E-state index in [0.717, 1.165) is 81.5 Å². The quantitative estimate of drug-likeness (QED) is 0.119. The third-order valence-electron chi connectivity index (χ3n) is 10.9. The zero-order valence-electron chi connectivity index (χ0n) is 31.4. The van der Waals surface area contributed by atoms with E-state index >= 15 is 0 Å². The zero-order chi connectivity index (χ0) is 40.0. The number of imidazole rings is 1. The fourth-order valence-corrected chi connectivity index (χ4v) is 8.05. The van der Waals surface area contributed by atoms with E-state index in [9.17, 15) is 27.6 Å². The molecule has 4 aromatic rings. The van der Waals surface area contributed by atoms with Gasteiger partial charge in [-0.1, -0.05) is 30.3 Å². The van der Waals surface area contributed by atoms with Crippen molar-refractivity contribution in [2.24, 2.45) is 5.92 Å². The number of halogens is 3. The van der Waals surface area contributed by atoms with Crippen LogP contribution in [0.15, 0.2) is 60.9 Å². The molecule has 3 amide bonds. The smallest absolute Gasteiger partial charge is 0.433 e. The second-order valence-corrected chi connectivity index (χ2v) is 15.1. The number of rotatable bonds is 9. The van der Waals surface area contributed by atoms with E-state index in [-0.39, 0.29) is 36.0 Å². The number of carboxylic acid groups (broad SMARTS) is 1. The van der Waals surface area contributed by atoms with Gasteiger partial charge < -0.3 is 24.5 Å². The molecule has 12 nitrogen and oxygen atoms in total. The molecule has 7 rings (SSSR count). The van der Waals surface area contributed by atoms with Crippen molar-refractivity contribution in [3.63, 3.8) is 0 Å². The SMILES string of the molecule is CC(C)Oc1cc2nc(C3CCC(CN4CCC(c5ccc(C6CCC(=O)NC6=O)cc5)CC4)CC3)cn2cc1NC(=O)c1cccc(C(F)(F)F)n1.O=CO. The second kappa shape index (κ2) is 17.7. The van der Waals surface area contributed by atoms with Gasteiger partial charge in [-0.15, -0.1) is 0 Å². The topological polar surface area (TPSA) is 155 Å². The lowest BCUT2D eigenvalue weighted by Crippen LogP contribution is -2.39. The number of benzene rings is 1. The monoisotopic (exact) mass is 776 g/mol. The number of hydrogen-bond donors (Lipinski definition) is 3. The van der Waals surface area contributed by atoms with Gasteiger partial charge in [0, 0.05) is 37.3 Å². The summed E-state index contributed by atoms with van der Waals surface area (Å²) in [5, 5.41) is 12.0. The van der Waals surface area contributed by atoms with Gasteiger partial charge in [0.25, 0.3) is 12.4 Å². The molecule has 1 saturated carbocycles. The van der Waals surface area contributed by atoms with E-state index in [0.29, 0.717) is 47.7 Å². The molecule has 3 aromatic heterocycles. The van der Waals surface area contributed by atoms with Gasteiger partial charge in [-0.3, -0.25) is 24.5 Å². The minimum Gasteiger partial charge on any atom is -0.489 e. The first-order chi connectivity index (χ1) is 26.8. The maximum atomic E-state index is 13.2. The number of aromatic nitrogens is 3. The number of hydrogen-bond acceptors (Lipinski definition) is 8. The minimum atomic E-state index is -4.66. The summed E-state index contributed by atoms with van der Waals surface area (Å²) in [4.78, 5) is 56.2. The molecule has 1 atom stereocenters. The Labute approximate surface area is 322 Å². The number of piperidine rings is 2. The maximum absolute atomic E-state index is 13.2. The van der Waals surface area contributed by atoms with E-state index < -0.39 is 17.8 Å². The number of pyridine rings is 2. The van der Waals surface area contributed by atoms with Crippen molar-refractivity contribution in [3.8, 4) is 5.75 Å². The number of nitrogens with one attached hydrogen (secondary N) is 2. The summed E-state index contributed by atoms with van der Waals surface area (Å²) >= 11 is 0. The lowest BCUT2D eigenvalue weighted by atomic mass is 9.80. The number of imide groups is 1. The highest BCUT2D eigenvalue weighted by Gasteiger charge is 2.33. The summed E-state index contributed by atoms with van der Waals surface area (Å²) in [6.45, 7) is 6.68. The molecular weight excluding hydrogens is 729 g/mol. The van der Waals surface area contributed by atoms with Crippen molar-refractivity contribution in [2.45, 2.75) is 95.2 Å². The Morgan fingerprint density at radius 2 is 1.64 bits per heavy atom. The van der Waals surface area contributed by atoms with Gasteiger partial charge in [-0.2, -0.15) is 13.2 Å². The average molecular weight is 777 g/mol. The van der Waals surface area contributed by atoms with E-state index in [1.165, 1.54) is 11.6 Å². The zero-order valence-corrected chi connectivity index (χ0v) is 31.4. The first-order valence-electron chi connectivity index (χ1n) is 19.1. The van der Waals surface area contributed by atoms with Gasteiger partial charge in [0.15, 0.2) is 0 Å².